The molecule has 2 aliphatic carbocycles. The van der Waals surface area contributed by atoms with E-state index >= 15 is 0 Å². The average Bonchev–Trinajstić information content (AvgIpc) is 2.36. The summed E-state index contributed by atoms with van der Waals surface area (Å²) in [6.45, 7) is 2.30. The van der Waals surface area contributed by atoms with E-state index < -0.39 is 0 Å². The van der Waals surface area contributed by atoms with Crippen LogP contribution >= 0.6 is 0 Å². The molecule has 1 aromatic rings. The van der Waals surface area contributed by atoms with Gasteiger partial charge in [0, 0.05) is 0 Å². The predicted octanol–water partition coefficient (Wildman–Crippen LogP) is 5.16. The Balaban J connectivity index is 1.48. The monoisotopic (exact) mass is 258 g/mol. The topological polar surface area (TPSA) is 9.23 Å². The Hall–Kier alpha value is -0.980. The van der Waals surface area contributed by atoms with Crippen molar-refractivity contribution in [2.45, 2.75) is 57.8 Å². The Bertz CT molecular complexity index is 406. The van der Waals surface area contributed by atoms with Crippen LogP contribution in [0, 0.1) is 11.3 Å². The minimum absolute atomic E-state index is 0.753. The lowest BCUT2D eigenvalue weighted by Crippen LogP contribution is -2.46. The van der Waals surface area contributed by atoms with E-state index in [2.05, 4.69) is 31.2 Å². The van der Waals surface area contributed by atoms with Gasteiger partial charge in [0.05, 0.1) is 7.11 Å². The number of unbranched alkanes of at least 4 members (excludes halogenated alkanes) is 1. The normalized spacial score (nSPS) is 32.7. The van der Waals surface area contributed by atoms with E-state index in [0.29, 0.717) is 0 Å². The van der Waals surface area contributed by atoms with E-state index in [0.717, 1.165) is 23.0 Å². The third-order valence-electron chi connectivity index (χ3n) is 5.36. The number of hydrogen-bond acceptors (Lipinski definition) is 1. The fraction of sp³-hybridized carbons (Fsp3) is 0.667. The second kappa shape index (κ2) is 5.19. The van der Waals surface area contributed by atoms with Crippen LogP contribution in [0.2, 0.25) is 0 Å². The van der Waals surface area contributed by atoms with Crippen molar-refractivity contribution in [2.75, 3.05) is 7.11 Å². The third kappa shape index (κ3) is 2.52. The lowest BCUT2D eigenvalue weighted by molar-refractivity contribution is -0.0451. The highest BCUT2D eigenvalue weighted by molar-refractivity contribution is 5.31. The Labute approximate surface area is 117 Å². The molecule has 1 nitrogen and oxygen atoms in total. The highest BCUT2D eigenvalue weighted by Gasteiger charge is 2.52. The molecule has 2 aliphatic rings. The second-order valence-electron chi connectivity index (χ2n) is 6.79. The van der Waals surface area contributed by atoms with Gasteiger partial charge in [0.15, 0.2) is 0 Å². The minimum atomic E-state index is 0.753. The Morgan fingerprint density at radius 1 is 1.11 bits per heavy atom. The zero-order valence-corrected chi connectivity index (χ0v) is 12.3. The number of rotatable bonds is 5. The lowest BCUT2D eigenvalue weighted by atomic mass is 9.47. The van der Waals surface area contributed by atoms with Gasteiger partial charge in [-0.3, -0.25) is 0 Å². The van der Waals surface area contributed by atoms with Crippen LogP contribution < -0.4 is 4.74 Å². The first-order valence-electron chi connectivity index (χ1n) is 7.88. The molecule has 0 N–H and O–H groups in total. The number of methoxy groups -OCH3 is 1. The Kier molecular flexibility index (Phi) is 3.56. The van der Waals surface area contributed by atoms with Crippen molar-refractivity contribution in [2.24, 2.45) is 11.3 Å². The summed E-state index contributed by atoms with van der Waals surface area (Å²) in [7, 11) is 1.73. The maximum absolute atomic E-state index is 5.23. The molecule has 0 heterocycles. The number of hydrogen-bond donors (Lipinski definition) is 0. The van der Waals surface area contributed by atoms with Gasteiger partial charge < -0.3 is 4.74 Å². The maximum atomic E-state index is 5.23. The molecule has 0 aromatic heterocycles. The molecule has 0 bridgehead atoms. The van der Waals surface area contributed by atoms with Gasteiger partial charge in [-0.05, 0) is 60.6 Å². The Morgan fingerprint density at radius 3 is 2.37 bits per heavy atom. The molecule has 2 saturated carbocycles. The molecule has 104 valence electrons. The molecule has 2 fully saturated rings. The fourth-order valence-corrected chi connectivity index (χ4v) is 4.29. The standard InChI is InChI=1S/C18H26O/c1-3-4-5-14-10-18(11-14)12-16(13-18)15-6-8-17(19-2)9-7-15/h6-9,14,16H,3-5,10-13H2,1-2H3. The molecule has 1 heteroatoms. The summed E-state index contributed by atoms with van der Waals surface area (Å²) in [5.41, 5.74) is 2.27. The molecule has 0 saturated heterocycles. The van der Waals surface area contributed by atoms with Crippen LogP contribution in [0.3, 0.4) is 0 Å². The van der Waals surface area contributed by atoms with E-state index in [1.807, 2.05) is 0 Å². The van der Waals surface area contributed by atoms with Gasteiger partial charge in [0.1, 0.15) is 5.75 Å². The quantitative estimate of drug-likeness (QED) is 0.709. The van der Waals surface area contributed by atoms with Crippen LogP contribution in [0.1, 0.15) is 63.4 Å². The highest BCUT2D eigenvalue weighted by Crippen LogP contribution is 2.64. The van der Waals surface area contributed by atoms with Crippen molar-refractivity contribution in [1.29, 1.82) is 0 Å². The number of benzene rings is 1. The van der Waals surface area contributed by atoms with Crippen LogP contribution in [0.4, 0.5) is 0 Å². The lowest BCUT2D eigenvalue weighted by Gasteiger charge is -2.58. The van der Waals surface area contributed by atoms with Crippen molar-refractivity contribution in [3.63, 3.8) is 0 Å². The van der Waals surface area contributed by atoms with Crippen LogP contribution in [0.15, 0.2) is 24.3 Å². The van der Waals surface area contributed by atoms with Crippen molar-refractivity contribution < 1.29 is 4.74 Å². The van der Waals surface area contributed by atoms with Gasteiger partial charge in [0.25, 0.3) is 0 Å². The van der Waals surface area contributed by atoms with Gasteiger partial charge in [-0.1, -0.05) is 38.3 Å². The first-order valence-corrected chi connectivity index (χ1v) is 7.88. The SMILES string of the molecule is CCCCC1CC2(C1)CC(c1ccc(OC)cc1)C2. The van der Waals surface area contributed by atoms with E-state index in [1.54, 1.807) is 7.11 Å². The van der Waals surface area contributed by atoms with Crippen molar-refractivity contribution in [3.8, 4) is 5.75 Å². The first kappa shape index (κ1) is 13.0. The van der Waals surface area contributed by atoms with E-state index in [9.17, 15) is 0 Å². The molecular formula is C18H26O. The second-order valence-corrected chi connectivity index (χ2v) is 6.79. The van der Waals surface area contributed by atoms with Gasteiger partial charge in [-0.2, -0.15) is 0 Å². The van der Waals surface area contributed by atoms with Gasteiger partial charge in [-0.15, -0.1) is 0 Å². The van der Waals surface area contributed by atoms with Crippen molar-refractivity contribution in [3.05, 3.63) is 29.8 Å². The van der Waals surface area contributed by atoms with Crippen LogP contribution in [-0.2, 0) is 0 Å². The molecule has 1 spiro atoms. The van der Waals surface area contributed by atoms with Crippen molar-refractivity contribution in [1.82, 2.24) is 0 Å². The van der Waals surface area contributed by atoms with Crippen molar-refractivity contribution >= 4 is 0 Å². The summed E-state index contributed by atoms with van der Waals surface area (Å²) in [5, 5.41) is 0. The molecule has 3 rings (SSSR count). The summed E-state index contributed by atoms with van der Waals surface area (Å²) in [5.74, 6) is 2.84. The van der Waals surface area contributed by atoms with E-state index in [-0.39, 0.29) is 0 Å². The van der Waals surface area contributed by atoms with E-state index in [1.165, 1.54) is 50.5 Å². The molecule has 1 aromatic carbocycles. The molecule has 0 aliphatic heterocycles. The summed E-state index contributed by atoms with van der Waals surface area (Å²) in [4.78, 5) is 0. The summed E-state index contributed by atoms with van der Waals surface area (Å²) < 4.78 is 5.23. The molecule has 19 heavy (non-hydrogen) atoms. The van der Waals surface area contributed by atoms with Crippen LogP contribution in [-0.4, -0.2) is 7.11 Å². The Morgan fingerprint density at radius 2 is 1.79 bits per heavy atom. The average molecular weight is 258 g/mol. The van der Waals surface area contributed by atoms with Gasteiger partial charge >= 0.3 is 0 Å². The van der Waals surface area contributed by atoms with E-state index in [4.69, 9.17) is 4.74 Å². The highest BCUT2D eigenvalue weighted by atomic mass is 16.5. The van der Waals surface area contributed by atoms with Gasteiger partial charge in [0.2, 0.25) is 0 Å². The third-order valence-corrected chi connectivity index (χ3v) is 5.36. The molecule has 0 unspecified atom stereocenters. The maximum Gasteiger partial charge on any atom is 0.118 e. The molecular weight excluding hydrogens is 232 g/mol. The summed E-state index contributed by atoms with van der Waals surface area (Å²) in [6.07, 6.45) is 10.2. The van der Waals surface area contributed by atoms with Crippen LogP contribution in [0.25, 0.3) is 0 Å². The number of ether oxygens (including phenoxy) is 1. The molecule has 0 radical (unpaired) electrons. The summed E-state index contributed by atoms with van der Waals surface area (Å²) >= 11 is 0. The zero-order chi connectivity index (χ0) is 13.3. The van der Waals surface area contributed by atoms with Crippen LogP contribution in [0.5, 0.6) is 5.75 Å². The predicted molar refractivity (Wildman–Crippen MR) is 79.7 cm³/mol. The smallest absolute Gasteiger partial charge is 0.118 e. The minimum Gasteiger partial charge on any atom is -0.497 e. The molecule has 0 atom stereocenters. The molecule has 0 amide bonds. The zero-order valence-electron chi connectivity index (χ0n) is 12.3. The first-order chi connectivity index (χ1) is 9.24. The fourth-order valence-electron chi connectivity index (χ4n) is 4.29. The van der Waals surface area contributed by atoms with Gasteiger partial charge in [-0.25, -0.2) is 0 Å². The summed E-state index contributed by atoms with van der Waals surface area (Å²) in [6, 6.07) is 8.71. The largest absolute Gasteiger partial charge is 0.497 e.